The topological polar surface area (TPSA) is 51.2 Å². The number of fused-ring (bicyclic) bond motifs is 1. The van der Waals surface area contributed by atoms with Crippen molar-refractivity contribution in [1.82, 2.24) is 4.98 Å². The predicted octanol–water partition coefficient (Wildman–Crippen LogP) is 2.67. The van der Waals surface area contributed by atoms with Gasteiger partial charge >= 0.3 is 5.97 Å². The van der Waals surface area contributed by atoms with Gasteiger partial charge in [0.2, 0.25) is 0 Å². The number of carbonyl (C=O) groups is 1. The highest BCUT2D eigenvalue weighted by Crippen LogP contribution is 2.27. The number of hydrogen-bond acceptors (Lipinski definition) is 4. The van der Waals surface area contributed by atoms with Crippen LogP contribution in [-0.2, 0) is 4.74 Å². The molecule has 0 spiro atoms. The molecule has 4 nitrogen and oxygen atoms in total. The highest BCUT2D eigenvalue weighted by Gasteiger charge is 2.14. The maximum atomic E-state index is 11.6. The van der Waals surface area contributed by atoms with Gasteiger partial charge < -0.3 is 10.1 Å². The standard InChI is InChI=1S/C12H11IN2O2/c1-14-11-8-5-7(13)3-4-10(8)15-6-9(11)12(16)17-2/h3-6H,1-2H3,(H,14,15). The minimum absolute atomic E-state index is 0.386. The zero-order valence-electron chi connectivity index (χ0n) is 9.45. The van der Waals surface area contributed by atoms with E-state index in [1.807, 2.05) is 18.2 Å². The van der Waals surface area contributed by atoms with E-state index in [0.29, 0.717) is 5.56 Å². The Balaban J connectivity index is 2.76. The zero-order chi connectivity index (χ0) is 12.4. The van der Waals surface area contributed by atoms with Crippen LogP contribution in [0.1, 0.15) is 10.4 Å². The maximum absolute atomic E-state index is 11.6. The lowest BCUT2D eigenvalue weighted by Gasteiger charge is -2.10. The van der Waals surface area contributed by atoms with Crippen LogP contribution >= 0.6 is 22.6 Å². The van der Waals surface area contributed by atoms with Gasteiger partial charge in [0.05, 0.1) is 18.3 Å². The summed E-state index contributed by atoms with van der Waals surface area (Å²) in [7, 11) is 3.14. The molecule has 0 aliphatic heterocycles. The van der Waals surface area contributed by atoms with Gasteiger partial charge in [-0.05, 0) is 40.8 Å². The van der Waals surface area contributed by atoms with E-state index in [9.17, 15) is 4.79 Å². The van der Waals surface area contributed by atoms with Crippen LogP contribution in [0.5, 0.6) is 0 Å². The highest BCUT2D eigenvalue weighted by molar-refractivity contribution is 14.1. The third-order valence-corrected chi connectivity index (χ3v) is 3.16. The van der Waals surface area contributed by atoms with Crippen molar-refractivity contribution in [2.75, 3.05) is 19.5 Å². The molecule has 0 radical (unpaired) electrons. The minimum atomic E-state index is -0.386. The Morgan fingerprint density at radius 2 is 2.24 bits per heavy atom. The Hall–Kier alpha value is -1.37. The summed E-state index contributed by atoms with van der Waals surface area (Å²) in [5.74, 6) is -0.386. The molecule has 0 atom stereocenters. The molecular formula is C12H11IN2O2. The number of aromatic nitrogens is 1. The normalized spacial score (nSPS) is 10.3. The van der Waals surface area contributed by atoms with Crippen LogP contribution in [0.15, 0.2) is 24.4 Å². The first-order valence-corrected chi connectivity index (χ1v) is 6.09. The molecule has 0 aliphatic carbocycles. The number of anilines is 1. The lowest BCUT2D eigenvalue weighted by atomic mass is 10.1. The molecule has 0 aliphatic rings. The molecule has 2 rings (SSSR count). The second kappa shape index (κ2) is 4.87. The summed E-state index contributed by atoms with van der Waals surface area (Å²) in [4.78, 5) is 15.9. The van der Waals surface area contributed by atoms with Crippen molar-refractivity contribution in [3.8, 4) is 0 Å². The van der Waals surface area contributed by atoms with Crippen molar-refractivity contribution in [1.29, 1.82) is 0 Å². The molecule has 1 N–H and O–H groups in total. The SMILES string of the molecule is CNc1c(C(=O)OC)cnc2ccc(I)cc12. The third-order valence-electron chi connectivity index (χ3n) is 2.49. The minimum Gasteiger partial charge on any atom is -0.465 e. The Kier molecular flexibility index (Phi) is 3.46. The summed E-state index contributed by atoms with van der Waals surface area (Å²) in [6.45, 7) is 0. The number of halogens is 1. The van der Waals surface area contributed by atoms with Crippen LogP contribution in [-0.4, -0.2) is 25.1 Å². The first kappa shape index (κ1) is 12.1. The van der Waals surface area contributed by atoms with E-state index in [4.69, 9.17) is 4.74 Å². The van der Waals surface area contributed by atoms with Crippen LogP contribution in [0.2, 0.25) is 0 Å². The number of carbonyl (C=O) groups excluding carboxylic acids is 1. The average Bonchev–Trinajstić information content (AvgIpc) is 2.36. The molecule has 2 aromatic rings. The molecule has 0 saturated heterocycles. The van der Waals surface area contributed by atoms with Crippen LogP contribution in [0.4, 0.5) is 5.69 Å². The summed E-state index contributed by atoms with van der Waals surface area (Å²) in [6.07, 6.45) is 1.53. The molecule has 88 valence electrons. The van der Waals surface area contributed by atoms with E-state index in [1.165, 1.54) is 13.3 Å². The fourth-order valence-electron chi connectivity index (χ4n) is 1.70. The van der Waals surface area contributed by atoms with Crippen molar-refractivity contribution in [2.45, 2.75) is 0 Å². The fraction of sp³-hybridized carbons (Fsp3) is 0.167. The first-order valence-electron chi connectivity index (χ1n) is 5.01. The van der Waals surface area contributed by atoms with Crippen molar-refractivity contribution in [2.24, 2.45) is 0 Å². The van der Waals surface area contributed by atoms with Gasteiger partial charge in [-0.15, -0.1) is 0 Å². The predicted molar refractivity (Wildman–Crippen MR) is 75.3 cm³/mol. The quantitative estimate of drug-likeness (QED) is 0.674. The third kappa shape index (κ3) is 2.19. The van der Waals surface area contributed by atoms with Crippen LogP contribution < -0.4 is 5.32 Å². The van der Waals surface area contributed by atoms with Gasteiger partial charge in [0.15, 0.2) is 0 Å². The molecule has 0 amide bonds. The zero-order valence-corrected chi connectivity index (χ0v) is 11.6. The van der Waals surface area contributed by atoms with E-state index >= 15 is 0 Å². The number of nitrogens with one attached hydrogen (secondary N) is 1. The summed E-state index contributed by atoms with van der Waals surface area (Å²) >= 11 is 2.23. The largest absolute Gasteiger partial charge is 0.465 e. The van der Waals surface area contributed by atoms with E-state index in [0.717, 1.165) is 20.2 Å². The number of methoxy groups -OCH3 is 1. The van der Waals surface area contributed by atoms with Gasteiger partial charge in [0, 0.05) is 22.2 Å². The van der Waals surface area contributed by atoms with E-state index < -0.39 is 0 Å². The van der Waals surface area contributed by atoms with Gasteiger partial charge in [-0.25, -0.2) is 4.79 Å². The van der Waals surface area contributed by atoms with Crippen molar-refractivity contribution >= 4 is 45.2 Å². The Labute approximate surface area is 113 Å². The molecule has 1 aromatic heterocycles. The van der Waals surface area contributed by atoms with Gasteiger partial charge in [0.1, 0.15) is 5.56 Å². The number of pyridine rings is 1. The molecule has 5 heteroatoms. The molecule has 0 bridgehead atoms. The lowest BCUT2D eigenvalue weighted by Crippen LogP contribution is -2.07. The number of hydrogen-bond donors (Lipinski definition) is 1. The number of rotatable bonds is 2. The monoisotopic (exact) mass is 342 g/mol. The lowest BCUT2D eigenvalue weighted by molar-refractivity contribution is 0.0601. The molecule has 0 unspecified atom stereocenters. The summed E-state index contributed by atoms with van der Waals surface area (Å²) in [5.41, 5.74) is 2.05. The molecule has 1 aromatic carbocycles. The maximum Gasteiger partial charge on any atom is 0.341 e. The fourth-order valence-corrected chi connectivity index (χ4v) is 2.19. The molecule has 0 saturated carbocycles. The summed E-state index contributed by atoms with van der Waals surface area (Å²) < 4.78 is 5.83. The first-order chi connectivity index (χ1) is 8.17. The van der Waals surface area contributed by atoms with Crippen LogP contribution in [0.25, 0.3) is 10.9 Å². The molecular weight excluding hydrogens is 331 g/mol. The summed E-state index contributed by atoms with van der Waals surface area (Å²) in [6, 6.07) is 5.90. The second-order valence-electron chi connectivity index (χ2n) is 3.45. The van der Waals surface area contributed by atoms with E-state index in [-0.39, 0.29) is 5.97 Å². The number of ether oxygens (including phenoxy) is 1. The Bertz CT molecular complexity index is 584. The Morgan fingerprint density at radius 1 is 1.47 bits per heavy atom. The number of esters is 1. The number of benzene rings is 1. The van der Waals surface area contributed by atoms with Crippen LogP contribution in [0, 0.1) is 3.57 Å². The Morgan fingerprint density at radius 3 is 2.88 bits per heavy atom. The van der Waals surface area contributed by atoms with E-state index in [2.05, 4.69) is 32.9 Å². The molecule has 0 fully saturated rings. The second-order valence-corrected chi connectivity index (χ2v) is 4.70. The average molecular weight is 342 g/mol. The number of nitrogens with zero attached hydrogens (tertiary/aromatic N) is 1. The van der Waals surface area contributed by atoms with Gasteiger partial charge in [0.25, 0.3) is 0 Å². The summed E-state index contributed by atoms with van der Waals surface area (Å²) in [5, 5.41) is 3.96. The highest BCUT2D eigenvalue weighted by atomic mass is 127. The van der Waals surface area contributed by atoms with Crippen molar-refractivity contribution in [3.63, 3.8) is 0 Å². The smallest absolute Gasteiger partial charge is 0.341 e. The molecule has 1 heterocycles. The van der Waals surface area contributed by atoms with E-state index in [1.54, 1.807) is 7.05 Å². The molecule has 17 heavy (non-hydrogen) atoms. The van der Waals surface area contributed by atoms with Gasteiger partial charge in [-0.1, -0.05) is 0 Å². The van der Waals surface area contributed by atoms with Gasteiger partial charge in [-0.3, -0.25) is 4.98 Å². The van der Waals surface area contributed by atoms with Crippen LogP contribution in [0.3, 0.4) is 0 Å². The van der Waals surface area contributed by atoms with Crippen molar-refractivity contribution < 1.29 is 9.53 Å². The van der Waals surface area contributed by atoms with Crippen molar-refractivity contribution in [3.05, 3.63) is 33.5 Å². The van der Waals surface area contributed by atoms with Gasteiger partial charge in [-0.2, -0.15) is 0 Å².